The molecule has 0 atom stereocenters. The number of hydrogen-bond acceptors (Lipinski definition) is 7. The first-order valence-electron chi connectivity index (χ1n) is 8.90. The molecule has 0 saturated heterocycles. The first kappa shape index (κ1) is 21.5. The number of anilines is 1. The zero-order chi connectivity index (χ0) is 21.2. The molecule has 0 fully saturated rings. The van der Waals surface area contributed by atoms with Gasteiger partial charge in [0.25, 0.3) is 5.91 Å². The molecule has 9 heteroatoms. The van der Waals surface area contributed by atoms with Gasteiger partial charge in [0.15, 0.2) is 18.1 Å². The Morgan fingerprint density at radius 1 is 0.966 bits per heavy atom. The fourth-order valence-electron chi connectivity index (χ4n) is 2.31. The average molecular weight is 402 g/mol. The molecule has 2 aromatic carbocycles. The van der Waals surface area contributed by atoms with E-state index in [1.807, 2.05) is 19.2 Å². The molecule has 0 heterocycles. The lowest BCUT2D eigenvalue weighted by molar-refractivity contribution is -0.123. The van der Waals surface area contributed by atoms with Gasteiger partial charge in [0.1, 0.15) is 11.3 Å². The fraction of sp³-hybridized carbons (Fsp3) is 0.250. The van der Waals surface area contributed by atoms with E-state index in [2.05, 4.69) is 5.32 Å². The number of carbonyl (C=O) groups excluding carboxylic acids is 3. The molecule has 0 spiro atoms. The van der Waals surface area contributed by atoms with Crippen LogP contribution in [0, 0.1) is 0 Å². The number of hydrogen-bond donors (Lipinski definition) is 3. The largest absolute Gasteiger partial charge is 0.507 e. The maximum atomic E-state index is 12.0. The van der Waals surface area contributed by atoms with Crippen molar-refractivity contribution in [2.45, 2.75) is 13.8 Å². The number of esters is 1. The molecule has 0 radical (unpaired) electrons. The van der Waals surface area contributed by atoms with Crippen molar-refractivity contribution in [1.29, 1.82) is 0 Å². The number of para-hydroxylation sites is 1. The van der Waals surface area contributed by atoms with E-state index in [1.54, 1.807) is 24.3 Å². The smallest absolute Gasteiger partial charge is 0.342 e. The number of phenols is 1. The van der Waals surface area contributed by atoms with Crippen LogP contribution in [0.4, 0.5) is 10.5 Å². The first-order valence-corrected chi connectivity index (χ1v) is 8.90. The molecule has 3 amide bonds. The number of urea groups is 1. The zero-order valence-corrected chi connectivity index (χ0v) is 16.1. The van der Waals surface area contributed by atoms with E-state index >= 15 is 0 Å². The number of phenolic OH excluding ortho intramolecular Hbond substituents is 1. The predicted octanol–water partition coefficient (Wildman–Crippen LogP) is 2.69. The number of aromatic hydroxyl groups is 1. The highest BCUT2D eigenvalue weighted by atomic mass is 16.5. The number of benzene rings is 2. The molecule has 0 aliphatic heterocycles. The molecule has 2 rings (SSSR count). The van der Waals surface area contributed by atoms with Gasteiger partial charge < -0.3 is 24.6 Å². The normalized spacial score (nSPS) is 10.0. The highest BCUT2D eigenvalue weighted by Crippen LogP contribution is 2.30. The fourth-order valence-corrected chi connectivity index (χ4v) is 2.31. The van der Waals surface area contributed by atoms with Crippen LogP contribution >= 0.6 is 0 Å². The van der Waals surface area contributed by atoms with E-state index in [0.29, 0.717) is 30.4 Å². The highest BCUT2D eigenvalue weighted by molar-refractivity contribution is 6.02. The summed E-state index contributed by atoms with van der Waals surface area (Å²) in [6, 6.07) is 9.74. The molecule has 0 aliphatic rings. The third-order valence-corrected chi connectivity index (χ3v) is 3.51. The van der Waals surface area contributed by atoms with Gasteiger partial charge in [0.05, 0.1) is 13.2 Å². The molecule has 29 heavy (non-hydrogen) atoms. The van der Waals surface area contributed by atoms with Gasteiger partial charge in [0.2, 0.25) is 0 Å². The van der Waals surface area contributed by atoms with Crippen molar-refractivity contribution in [2.75, 3.05) is 25.1 Å². The monoisotopic (exact) mass is 402 g/mol. The zero-order valence-electron chi connectivity index (χ0n) is 16.1. The standard InChI is InChI=1S/C20H22N2O7/c1-3-27-16-10-9-13(11-17(16)28-4-2)21-20(26)22-18(24)12-29-19(25)14-7-5-6-8-15(14)23/h5-11,23H,3-4,12H2,1-2H3,(H2,21,22,24,26). The Morgan fingerprint density at radius 3 is 2.34 bits per heavy atom. The van der Waals surface area contributed by atoms with Gasteiger partial charge in [-0.25, -0.2) is 9.59 Å². The number of ether oxygens (including phenoxy) is 3. The van der Waals surface area contributed by atoms with Crippen molar-refractivity contribution >= 4 is 23.6 Å². The lowest BCUT2D eigenvalue weighted by Crippen LogP contribution is -2.37. The summed E-state index contributed by atoms with van der Waals surface area (Å²) in [7, 11) is 0. The van der Waals surface area contributed by atoms with E-state index in [4.69, 9.17) is 14.2 Å². The van der Waals surface area contributed by atoms with Gasteiger partial charge in [-0.3, -0.25) is 10.1 Å². The van der Waals surface area contributed by atoms with Gasteiger partial charge in [-0.2, -0.15) is 0 Å². The number of carbonyl (C=O) groups is 3. The predicted molar refractivity (Wildman–Crippen MR) is 104 cm³/mol. The number of rotatable bonds is 8. The van der Waals surface area contributed by atoms with Crippen molar-refractivity contribution in [1.82, 2.24) is 5.32 Å². The third-order valence-electron chi connectivity index (χ3n) is 3.51. The van der Waals surface area contributed by atoms with Crippen LogP contribution in [0.1, 0.15) is 24.2 Å². The van der Waals surface area contributed by atoms with Crippen molar-refractivity contribution in [2.24, 2.45) is 0 Å². The molecular weight excluding hydrogens is 380 g/mol. The van der Waals surface area contributed by atoms with Crippen molar-refractivity contribution in [3.8, 4) is 17.2 Å². The molecule has 0 bridgehead atoms. The molecule has 0 unspecified atom stereocenters. The second kappa shape index (κ2) is 10.5. The SMILES string of the molecule is CCOc1ccc(NC(=O)NC(=O)COC(=O)c2ccccc2O)cc1OCC. The van der Waals surface area contributed by atoms with Crippen LogP contribution in [0.15, 0.2) is 42.5 Å². The van der Waals surface area contributed by atoms with Crippen LogP contribution in [0.25, 0.3) is 0 Å². The molecule has 0 saturated carbocycles. The van der Waals surface area contributed by atoms with E-state index in [-0.39, 0.29) is 11.3 Å². The highest BCUT2D eigenvalue weighted by Gasteiger charge is 2.15. The average Bonchev–Trinajstić information content (AvgIpc) is 2.68. The summed E-state index contributed by atoms with van der Waals surface area (Å²) < 4.78 is 15.7. The minimum absolute atomic E-state index is 0.0809. The molecule has 0 aromatic heterocycles. The third kappa shape index (κ3) is 6.42. The van der Waals surface area contributed by atoms with Gasteiger partial charge in [0, 0.05) is 11.8 Å². The molecule has 2 aromatic rings. The quantitative estimate of drug-likeness (QED) is 0.580. The van der Waals surface area contributed by atoms with Crippen molar-refractivity contribution < 1.29 is 33.7 Å². The summed E-state index contributed by atoms with van der Waals surface area (Å²) in [5.74, 6) is -0.993. The molecule has 9 nitrogen and oxygen atoms in total. The molecular formula is C20H22N2O7. The summed E-state index contributed by atoms with van der Waals surface area (Å²) >= 11 is 0. The van der Waals surface area contributed by atoms with Crippen LogP contribution in [-0.4, -0.2) is 42.8 Å². The van der Waals surface area contributed by atoms with Gasteiger partial charge >= 0.3 is 12.0 Å². The summed E-state index contributed by atoms with van der Waals surface area (Å²) in [5, 5.41) is 14.1. The van der Waals surface area contributed by atoms with Crippen LogP contribution in [0.5, 0.6) is 17.2 Å². The summed E-state index contributed by atoms with van der Waals surface area (Å²) in [4.78, 5) is 35.6. The Kier molecular flexibility index (Phi) is 7.84. The van der Waals surface area contributed by atoms with Crippen molar-refractivity contribution in [3.05, 3.63) is 48.0 Å². The van der Waals surface area contributed by atoms with Crippen LogP contribution in [0.2, 0.25) is 0 Å². The molecule has 0 aliphatic carbocycles. The van der Waals surface area contributed by atoms with E-state index in [0.717, 1.165) is 0 Å². The maximum absolute atomic E-state index is 12.0. The number of amides is 3. The summed E-state index contributed by atoms with van der Waals surface area (Å²) in [6.45, 7) is 3.84. The lowest BCUT2D eigenvalue weighted by Gasteiger charge is -2.13. The van der Waals surface area contributed by atoms with Crippen molar-refractivity contribution in [3.63, 3.8) is 0 Å². The Bertz CT molecular complexity index is 883. The Balaban J connectivity index is 1.88. The molecule has 3 N–H and O–H groups in total. The van der Waals surface area contributed by atoms with Gasteiger partial charge in [-0.05, 0) is 38.1 Å². The van der Waals surface area contributed by atoms with E-state index < -0.39 is 24.5 Å². The Hall–Kier alpha value is -3.75. The number of nitrogens with one attached hydrogen (secondary N) is 2. The summed E-state index contributed by atoms with van der Waals surface area (Å²) in [6.07, 6.45) is 0. The van der Waals surface area contributed by atoms with Gasteiger partial charge in [-0.1, -0.05) is 12.1 Å². The van der Waals surface area contributed by atoms with Gasteiger partial charge in [-0.15, -0.1) is 0 Å². The second-order valence-corrected chi connectivity index (χ2v) is 5.62. The molecule has 154 valence electrons. The van der Waals surface area contributed by atoms with E-state index in [1.165, 1.54) is 18.2 Å². The van der Waals surface area contributed by atoms with E-state index in [9.17, 15) is 19.5 Å². The second-order valence-electron chi connectivity index (χ2n) is 5.62. The van der Waals surface area contributed by atoms with Crippen LogP contribution in [-0.2, 0) is 9.53 Å². The van der Waals surface area contributed by atoms with Crippen LogP contribution < -0.4 is 20.1 Å². The summed E-state index contributed by atoms with van der Waals surface area (Å²) in [5.41, 5.74) is 0.302. The number of imide groups is 1. The topological polar surface area (TPSA) is 123 Å². The Labute approximate surface area is 167 Å². The maximum Gasteiger partial charge on any atom is 0.342 e. The minimum atomic E-state index is -0.883. The first-order chi connectivity index (χ1) is 13.9. The minimum Gasteiger partial charge on any atom is -0.507 e. The van der Waals surface area contributed by atoms with Crippen LogP contribution in [0.3, 0.4) is 0 Å². The lowest BCUT2D eigenvalue weighted by atomic mass is 10.2. The Morgan fingerprint density at radius 2 is 1.66 bits per heavy atom.